The lowest BCUT2D eigenvalue weighted by atomic mass is 9.89. The van der Waals surface area contributed by atoms with Crippen LogP contribution >= 0.6 is 0 Å². The van der Waals surface area contributed by atoms with Crippen LogP contribution in [0.25, 0.3) is 11.2 Å². The number of rotatable bonds is 5. The molecular weight excluding hydrogens is 366 g/mol. The van der Waals surface area contributed by atoms with E-state index in [0.717, 1.165) is 0 Å². The Morgan fingerprint density at radius 1 is 1.18 bits per heavy atom. The van der Waals surface area contributed by atoms with E-state index in [9.17, 15) is 15.3 Å². The zero-order chi connectivity index (χ0) is 19.7. The number of nitrogen functional groups attached to an aromatic ring is 1. The number of aliphatic hydroxyl groups excluding tert-OH is 3. The van der Waals surface area contributed by atoms with Crippen molar-refractivity contribution >= 4 is 22.9 Å². The summed E-state index contributed by atoms with van der Waals surface area (Å²) in [5.74, 6) is 0.791. The molecule has 1 unspecified atom stereocenters. The molecule has 0 radical (unpaired) electrons. The molecule has 2 fully saturated rings. The third-order valence-electron chi connectivity index (χ3n) is 5.45. The molecule has 0 aromatic carbocycles. The Bertz CT molecular complexity index is 851. The van der Waals surface area contributed by atoms with Crippen LogP contribution in [0.5, 0.6) is 0 Å². The average molecular weight is 391 g/mol. The highest BCUT2D eigenvalue weighted by atomic mass is 16.6. The van der Waals surface area contributed by atoms with E-state index in [0.29, 0.717) is 23.6 Å². The number of nitrogens with two attached hydrogens (primary N) is 1. The van der Waals surface area contributed by atoms with Crippen LogP contribution < -0.4 is 5.73 Å². The van der Waals surface area contributed by atoms with Crippen molar-refractivity contribution in [2.24, 2.45) is 16.1 Å². The molecule has 0 spiro atoms. The Labute approximate surface area is 161 Å². The molecule has 1 saturated carbocycles. The molecule has 1 saturated heterocycles. The van der Waals surface area contributed by atoms with Crippen LogP contribution in [0.3, 0.4) is 0 Å². The monoisotopic (exact) mass is 391 g/mol. The quantitative estimate of drug-likeness (QED) is 0.540. The highest BCUT2D eigenvalue weighted by Gasteiger charge is 2.44. The number of hydrogen-bond donors (Lipinski definition) is 4. The normalized spacial score (nSPS) is 29.2. The summed E-state index contributed by atoms with van der Waals surface area (Å²) >= 11 is 0. The van der Waals surface area contributed by atoms with E-state index in [2.05, 4.69) is 25.2 Å². The largest absolute Gasteiger partial charge is 0.394 e. The molecule has 11 heteroatoms. The van der Waals surface area contributed by atoms with Crippen molar-refractivity contribution in [1.82, 2.24) is 19.5 Å². The number of nitrogens with zero attached hydrogens (tertiary/aromatic N) is 6. The van der Waals surface area contributed by atoms with E-state index in [1.165, 1.54) is 43.0 Å². The minimum atomic E-state index is -1.25. The molecule has 2 aromatic rings. The van der Waals surface area contributed by atoms with Crippen molar-refractivity contribution in [2.75, 3.05) is 18.9 Å². The summed E-state index contributed by atoms with van der Waals surface area (Å²) in [5, 5.41) is 37.9. The summed E-state index contributed by atoms with van der Waals surface area (Å²) in [6.45, 7) is 0.217. The van der Waals surface area contributed by atoms with Gasteiger partial charge in [-0.15, -0.1) is 5.11 Å². The molecular formula is C17H25N7O4. The number of ether oxygens (including phenoxy) is 1. The van der Waals surface area contributed by atoms with Gasteiger partial charge in [0.05, 0.1) is 19.5 Å². The van der Waals surface area contributed by atoms with Crippen molar-refractivity contribution in [1.29, 1.82) is 0 Å². The van der Waals surface area contributed by atoms with Crippen LogP contribution in [0.1, 0.15) is 38.3 Å². The van der Waals surface area contributed by atoms with Crippen LogP contribution in [-0.4, -0.2) is 66.3 Å². The molecule has 2 aliphatic rings. The maximum absolute atomic E-state index is 10.3. The predicted molar refractivity (Wildman–Crippen MR) is 98.7 cm³/mol. The second-order valence-corrected chi connectivity index (χ2v) is 7.39. The van der Waals surface area contributed by atoms with E-state index < -0.39 is 31.1 Å². The van der Waals surface area contributed by atoms with Gasteiger partial charge >= 0.3 is 0 Å². The Morgan fingerprint density at radius 3 is 2.68 bits per heavy atom. The second kappa shape index (κ2) is 8.03. The minimum absolute atomic E-state index is 0.106. The average Bonchev–Trinajstić information content (AvgIpc) is 3.24. The van der Waals surface area contributed by atoms with Gasteiger partial charge in [0.2, 0.25) is 0 Å². The lowest BCUT2D eigenvalue weighted by Gasteiger charge is -2.18. The van der Waals surface area contributed by atoms with Gasteiger partial charge in [-0.3, -0.25) is 4.57 Å². The van der Waals surface area contributed by atoms with E-state index in [-0.39, 0.29) is 11.8 Å². The molecule has 28 heavy (non-hydrogen) atoms. The third kappa shape index (κ3) is 3.58. The number of anilines is 1. The lowest BCUT2D eigenvalue weighted by Crippen LogP contribution is -2.33. The molecule has 0 bridgehead atoms. The van der Waals surface area contributed by atoms with E-state index in [1.807, 2.05) is 0 Å². The number of azo groups is 1. The minimum Gasteiger partial charge on any atom is -0.394 e. The molecule has 1 aliphatic heterocycles. The molecule has 3 heterocycles. The highest BCUT2D eigenvalue weighted by molar-refractivity contribution is 5.82. The maximum Gasteiger partial charge on any atom is 0.272 e. The molecule has 4 rings (SSSR count). The first-order chi connectivity index (χ1) is 13.6. The van der Waals surface area contributed by atoms with Crippen molar-refractivity contribution in [3.05, 3.63) is 6.33 Å². The topological polar surface area (TPSA) is 164 Å². The summed E-state index contributed by atoms with van der Waals surface area (Å²) in [6, 6.07) is 0. The van der Waals surface area contributed by atoms with Gasteiger partial charge in [0, 0.05) is 0 Å². The van der Waals surface area contributed by atoms with Gasteiger partial charge < -0.3 is 25.8 Å². The second-order valence-electron chi connectivity index (χ2n) is 7.39. The number of aromatic nitrogens is 4. The number of fused-ring (bicyclic) bond motifs is 1. The molecule has 1 aliphatic carbocycles. The molecule has 0 amide bonds. The van der Waals surface area contributed by atoms with Gasteiger partial charge in [-0.1, -0.05) is 19.3 Å². The number of hydrogen-bond acceptors (Lipinski definition) is 10. The first kappa shape index (κ1) is 19.1. The summed E-state index contributed by atoms with van der Waals surface area (Å²) in [4.78, 5) is 12.6. The van der Waals surface area contributed by atoms with Crippen LogP contribution in [0.4, 0.5) is 11.8 Å². The molecule has 152 valence electrons. The van der Waals surface area contributed by atoms with Crippen LogP contribution in [0.15, 0.2) is 16.6 Å². The van der Waals surface area contributed by atoms with Gasteiger partial charge in [-0.2, -0.15) is 15.1 Å². The fourth-order valence-corrected chi connectivity index (χ4v) is 3.86. The summed E-state index contributed by atoms with van der Waals surface area (Å²) in [6.07, 6.45) is 3.16. The fraction of sp³-hybridized carbons (Fsp3) is 0.706. The Morgan fingerprint density at radius 2 is 1.96 bits per heavy atom. The van der Waals surface area contributed by atoms with E-state index >= 15 is 0 Å². The Kier molecular flexibility index (Phi) is 5.49. The third-order valence-corrected chi connectivity index (χ3v) is 5.45. The van der Waals surface area contributed by atoms with Crippen molar-refractivity contribution in [3.8, 4) is 0 Å². The van der Waals surface area contributed by atoms with Gasteiger partial charge in [0.25, 0.3) is 5.95 Å². The van der Waals surface area contributed by atoms with Gasteiger partial charge in [-0.05, 0) is 18.8 Å². The van der Waals surface area contributed by atoms with Crippen LogP contribution in [-0.2, 0) is 4.74 Å². The van der Waals surface area contributed by atoms with Gasteiger partial charge in [0.1, 0.15) is 23.8 Å². The molecule has 11 nitrogen and oxygen atoms in total. The molecule has 2 aromatic heterocycles. The lowest BCUT2D eigenvalue weighted by molar-refractivity contribution is -0.0511. The maximum atomic E-state index is 10.3. The molecule has 4 atom stereocenters. The fourth-order valence-electron chi connectivity index (χ4n) is 3.86. The summed E-state index contributed by atoms with van der Waals surface area (Å²) in [5.41, 5.74) is 6.63. The predicted octanol–water partition coefficient (Wildman–Crippen LogP) is 0.684. The highest BCUT2D eigenvalue weighted by Crippen LogP contribution is 2.32. The smallest absolute Gasteiger partial charge is 0.272 e. The Balaban J connectivity index is 1.58. The number of aliphatic hydroxyl groups is 3. The van der Waals surface area contributed by atoms with Gasteiger partial charge in [-0.25, -0.2) is 4.98 Å². The van der Waals surface area contributed by atoms with Crippen LogP contribution in [0, 0.1) is 5.92 Å². The zero-order valence-electron chi connectivity index (χ0n) is 15.4. The Hall–Kier alpha value is -2.21. The van der Waals surface area contributed by atoms with E-state index in [1.54, 1.807) is 0 Å². The SMILES string of the molecule is Nc1nc(N=NCC2CCCCC2)nc2c1ncn2[C@@H]1O[C@H](CO)C(O)[C@@H]1O. The molecule has 5 N–H and O–H groups in total. The standard InChI is InChI=1S/C17H25N7O4/c18-14-11-15(22-17(21-14)23-20-6-9-4-2-1-3-5-9)24(8-19-11)16-13(27)12(26)10(7-25)28-16/h8-10,12-13,16,25-27H,1-7H2,(H2,18,21,22)/t10-,12?,13+,16-/m1/s1. The van der Waals surface area contributed by atoms with Crippen molar-refractivity contribution in [2.45, 2.75) is 56.6 Å². The van der Waals surface area contributed by atoms with Crippen molar-refractivity contribution in [3.63, 3.8) is 0 Å². The zero-order valence-corrected chi connectivity index (χ0v) is 15.4. The van der Waals surface area contributed by atoms with Crippen LogP contribution in [0.2, 0.25) is 0 Å². The summed E-state index contributed by atoms with van der Waals surface area (Å²) < 4.78 is 7.00. The first-order valence-corrected chi connectivity index (χ1v) is 9.58. The number of imidazole rings is 1. The summed E-state index contributed by atoms with van der Waals surface area (Å²) in [7, 11) is 0. The van der Waals surface area contributed by atoms with Crippen molar-refractivity contribution < 1.29 is 20.1 Å². The van der Waals surface area contributed by atoms with Gasteiger partial charge in [0.15, 0.2) is 17.7 Å². The van der Waals surface area contributed by atoms with E-state index in [4.69, 9.17) is 10.5 Å². The first-order valence-electron chi connectivity index (χ1n) is 9.58.